The number of nitrogens with zero attached hydrogens (tertiary/aromatic N) is 2. The van der Waals surface area contributed by atoms with Crippen LogP contribution in [0.4, 0.5) is 5.69 Å². The van der Waals surface area contributed by atoms with E-state index < -0.39 is 9.04 Å². The van der Waals surface area contributed by atoms with Gasteiger partial charge in [0, 0.05) is 13.1 Å². The molecule has 0 aliphatic carbocycles. The van der Waals surface area contributed by atoms with Gasteiger partial charge >= 0.3 is 0 Å². The van der Waals surface area contributed by atoms with Crippen LogP contribution in [0.15, 0.2) is 23.2 Å². The number of aliphatic imine (C=N–C) groups is 1. The van der Waals surface area contributed by atoms with Crippen LogP contribution >= 0.6 is 0 Å². The van der Waals surface area contributed by atoms with E-state index >= 15 is 0 Å². The Morgan fingerprint density at radius 1 is 1.28 bits per heavy atom. The highest BCUT2D eigenvalue weighted by Gasteiger charge is 2.09. The van der Waals surface area contributed by atoms with Gasteiger partial charge in [-0.1, -0.05) is 6.07 Å². The van der Waals surface area contributed by atoms with Crippen LogP contribution in [0.2, 0.25) is 13.1 Å². The molecule has 3 nitrogen and oxygen atoms in total. The van der Waals surface area contributed by atoms with Gasteiger partial charge < -0.3 is 9.33 Å². The zero-order chi connectivity index (χ0) is 13.0. The average Bonchev–Trinajstić information content (AvgIpc) is 2.80. The van der Waals surface area contributed by atoms with Crippen LogP contribution in [0.1, 0.15) is 18.4 Å². The van der Waals surface area contributed by atoms with Gasteiger partial charge in [0.2, 0.25) is 9.04 Å². The Labute approximate surface area is 111 Å². The number of hydrogen-bond acceptors (Lipinski definition) is 2. The summed E-state index contributed by atoms with van der Waals surface area (Å²) in [7, 11) is -1.09. The molecule has 0 N–H and O–H groups in total. The van der Waals surface area contributed by atoms with Crippen LogP contribution in [-0.2, 0) is 0 Å². The highest BCUT2D eigenvalue weighted by molar-refractivity contribution is 6.49. The zero-order valence-corrected chi connectivity index (χ0v) is 12.7. The first-order chi connectivity index (χ1) is 8.65. The molecule has 0 aromatic heterocycles. The van der Waals surface area contributed by atoms with E-state index in [1.807, 2.05) is 12.4 Å². The first-order valence-electron chi connectivity index (χ1n) is 6.71. The molecule has 0 radical (unpaired) electrons. The third-order valence-corrected chi connectivity index (χ3v) is 3.70. The highest BCUT2D eigenvalue weighted by Crippen LogP contribution is 2.29. The van der Waals surface area contributed by atoms with Crippen LogP contribution in [0, 0.1) is 6.92 Å². The van der Waals surface area contributed by atoms with Crippen molar-refractivity contribution in [3.8, 4) is 5.75 Å². The zero-order valence-electron chi connectivity index (χ0n) is 11.5. The van der Waals surface area contributed by atoms with Crippen LogP contribution in [-0.4, -0.2) is 33.4 Å². The molecule has 98 valence electrons. The molecule has 4 heteroatoms. The van der Waals surface area contributed by atoms with Gasteiger partial charge in [0.15, 0.2) is 0 Å². The maximum atomic E-state index is 5.95. The second-order valence-electron chi connectivity index (χ2n) is 5.13. The molecule has 0 unspecified atom stereocenters. The van der Waals surface area contributed by atoms with E-state index in [4.69, 9.17) is 4.43 Å². The minimum absolute atomic E-state index is 0.937. The lowest BCUT2D eigenvalue weighted by atomic mass is 10.2. The Morgan fingerprint density at radius 3 is 2.67 bits per heavy atom. The van der Waals surface area contributed by atoms with E-state index in [9.17, 15) is 0 Å². The molecule has 1 aliphatic heterocycles. The Kier molecular flexibility index (Phi) is 4.41. The standard InChI is InChI=1S/C14H22N2OSi/c1-12-6-7-13(14(10-12)17-18(2)3)15-11-16-8-4-5-9-16/h6-7,10-11,18H,4-5,8-9H2,1-3H3. The van der Waals surface area contributed by atoms with Gasteiger partial charge in [-0.2, -0.15) is 0 Å². The van der Waals surface area contributed by atoms with Crippen molar-refractivity contribution in [3.63, 3.8) is 0 Å². The third kappa shape index (κ3) is 3.60. The molecule has 1 fully saturated rings. The van der Waals surface area contributed by atoms with Crippen molar-refractivity contribution in [1.82, 2.24) is 4.90 Å². The highest BCUT2D eigenvalue weighted by atomic mass is 28.3. The smallest absolute Gasteiger partial charge is 0.229 e. The van der Waals surface area contributed by atoms with Gasteiger partial charge in [-0.25, -0.2) is 4.99 Å². The Hall–Kier alpha value is -1.29. The van der Waals surface area contributed by atoms with Gasteiger partial charge in [0.1, 0.15) is 11.4 Å². The maximum Gasteiger partial charge on any atom is 0.229 e. The minimum atomic E-state index is -1.09. The summed E-state index contributed by atoms with van der Waals surface area (Å²) in [5.41, 5.74) is 2.17. The average molecular weight is 262 g/mol. The predicted octanol–water partition coefficient (Wildman–Crippen LogP) is 3.11. The largest absolute Gasteiger partial charge is 0.546 e. The summed E-state index contributed by atoms with van der Waals surface area (Å²) in [6.45, 7) is 8.70. The van der Waals surface area contributed by atoms with Crippen molar-refractivity contribution in [2.75, 3.05) is 13.1 Å². The number of hydrogen-bond donors (Lipinski definition) is 0. The number of rotatable bonds is 4. The first-order valence-corrected chi connectivity index (χ1v) is 9.49. The van der Waals surface area contributed by atoms with Gasteiger partial charge in [-0.05, 0) is 50.6 Å². The Bertz CT molecular complexity index is 426. The molecule has 18 heavy (non-hydrogen) atoms. The van der Waals surface area contributed by atoms with Crippen molar-refractivity contribution in [3.05, 3.63) is 23.8 Å². The SMILES string of the molecule is Cc1ccc(N=CN2CCCC2)c(O[SiH](C)C)c1. The summed E-state index contributed by atoms with van der Waals surface area (Å²) in [5.74, 6) is 0.937. The molecule has 0 spiro atoms. The maximum absolute atomic E-state index is 5.95. The fourth-order valence-corrected chi connectivity index (χ4v) is 2.77. The third-order valence-electron chi connectivity index (χ3n) is 2.98. The Balaban J connectivity index is 2.14. The van der Waals surface area contributed by atoms with Crippen molar-refractivity contribution < 1.29 is 4.43 Å². The first kappa shape index (κ1) is 13.1. The van der Waals surface area contributed by atoms with E-state index in [1.54, 1.807) is 0 Å². The van der Waals surface area contributed by atoms with Crippen LogP contribution in [0.5, 0.6) is 5.75 Å². The topological polar surface area (TPSA) is 24.8 Å². The fourth-order valence-electron chi connectivity index (χ4n) is 2.08. The lowest BCUT2D eigenvalue weighted by Gasteiger charge is -2.14. The van der Waals surface area contributed by atoms with Crippen molar-refractivity contribution in [2.45, 2.75) is 32.9 Å². The molecule has 0 atom stereocenters. The number of likely N-dealkylation sites (tertiary alicyclic amines) is 1. The summed E-state index contributed by atoms with van der Waals surface area (Å²) < 4.78 is 5.95. The van der Waals surface area contributed by atoms with Crippen LogP contribution in [0.3, 0.4) is 0 Å². The Morgan fingerprint density at radius 2 is 2.00 bits per heavy atom. The predicted molar refractivity (Wildman–Crippen MR) is 79.6 cm³/mol. The molecule has 1 aromatic carbocycles. The van der Waals surface area contributed by atoms with Crippen molar-refractivity contribution in [2.24, 2.45) is 4.99 Å². The lowest BCUT2D eigenvalue weighted by Crippen LogP contribution is -2.16. The van der Waals surface area contributed by atoms with E-state index in [0.717, 1.165) is 24.5 Å². The van der Waals surface area contributed by atoms with Crippen LogP contribution in [0.25, 0.3) is 0 Å². The molecule has 0 amide bonds. The molecule has 2 rings (SSSR count). The summed E-state index contributed by atoms with van der Waals surface area (Å²) in [4.78, 5) is 6.85. The van der Waals surface area contributed by atoms with E-state index in [0.29, 0.717) is 0 Å². The van der Waals surface area contributed by atoms with Gasteiger partial charge in [0.25, 0.3) is 0 Å². The molecular formula is C14H22N2OSi. The second kappa shape index (κ2) is 6.04. The van der Waals surface area contributed by atoms with Gasteiger partial charge in [0.05, 0.1) is 6.34 Å². The molecule has 1 aromatic rings. The minimum Gasteiger partial charge on any atom is -0.546 e. The monoisotopic (exact) mass is 262 g/mol. The molecule has 0 saturated carbocycles. The quantitative estimate of drug-likeness (QED) is 0.473. The summed E-state index contributed by atoms with van der Waals surface area (Å²) >= 11 is 0. The number of benzene rings is 1. The second-order valence-corrected chi connectivity index (χ2v) is 7.46. The van der Waals surface area contributed by atoms with E-state index in [2.05, 4.69) is 42.0 Å². The van der Waals surface area contributed by atoms with Gasteiger partial charge in [-0.15, -0.1) is 0 Å². The molecule has 0 bridgehead atoms. The normalized spacial score (nSPS) is 15.9. The van der Waals surface area contributed by atoms with Crippen molar-refractivity contribution >= 4 is 21.1 Å². The molecule has 1 heterocycles. The van der Waals surface area contributed by atoms with Crippen LogP contribution < -0.4 is 4.43 Å². The summed E-state index contributed by atoms with van der Waals surface area (Å²) in [6, 6.07) is 6.23. The van der Waals surface area contributed by atoms with Gasteiger partial charge in [-0.3, -0.25) is 0 Å². The molecular weight excluding hydrogens is 240 g/mol. The molecule has 1 aliphatic rings. The summed E-state index contributed by atoms with van der Waals surface area (Å²) in [5, 5.41) is 0. The lowest BCUT2D eigenvalue weighted by molar-refractivity contribution is 0.535. The molecule has 1 saturated heterocycles. The number of aryl methyl sites for hydroxylation is 1. The summed E-state index contributed by atoms with van der Waals surface area (Å²) in [6.07, 6.45) is 4.52. The van der Waals surface area contributed by atoms with E-state index in [1.165, 1.54) is 18.4 Å². The van der Waals surface area contributed by atoms with E-state index in [-0.39, 0.29) is 0 Å². The van der Waals surface area contributed by atoms with Crippen molar-refractivity contribution in [1.29, 1.82) is 0 Å². The fraction of sp³-hybridized carbons (Fsp3) is 0.500.